The maximum Gasteiger partial charge on any atom is 0.247 e. The molecule has 94 valence electrons. The van der Waals surface area contributed by atoms with Crippen molar-refractivity contribution < 1.29 is 4.79 Å². The minimum absolute atomic E-state index is 0.000481. The van der Waals surface area contributed by atoms with Gasteiger partial charge in [-0.1, -0.05) is 29.8 Å². The Bertz CT molecular complexity index is 575. The van der Waals surface area contributed by atoms with Crippen molar-refractivity contribution in [1.82, 2.24) is 9.78 Å². The summed E-state index contributed by atoms with van der Waals surface area (Å²) in [7, 11) is 0. The van der Waals surface area contributed by atoms with Gasteiger partial charge in [0.05, 0.1) is 5.69 Å². The lowest BCUT2D eigenvalue weighted by molar-refractivity contribution is 0.0884. The lowest BCUT2D eigenvalue weighted by atomic mass is 10.1. The van der Waals surface area contributed by atoms with E-state index in [0.29, 0.717) is 17.9 Å². The van der Waals surface area contributed by atoms with Crippen LogP contribution in [0.1, 0.15) is 28.2 Å². The highest BCUT2D eigenvalue weighted by molar-refractivity contribution is 6.31. The molecule has 0 N–H and O–H groups in total. The third-order valence-electron chi connectivity index (χ3n) is 2.81. The Hall–Kier alpha value is -1.61. The number of aryl methyl sites for hydroxylation is 3. The number of carbonyl (C=O) groups is 1. The summed E-state index contributed by atoms with van der Waals surface area (Å²) in [6, 6.07) is 9.48. The molecule has 0 fully saturated rings. The molecule has 0 saturated carbocycles. The van der Waals surface area contributed by atoms with E-state index in [1.807, 2.05) is 44.2 Å². The predicted molar refractivity (Wildman–Crippen MR) is 72.1 cm³/mol. The van der Waals surface area contributed by atoms with Crippen molar-refractivity contribution in [3.8, 4) is 0 Å². The van der Waals surface area contributed by atoms with Gasteiger partial charge in [0, 0.05) is 17.1 Å². The molecule has 3 nitrogen and oxygen atoms in total. The van der Waals surface area contributed by atoms with E-state index in [9.17, 15) is 4.79 Å². The van der Waals surface area contributed by atoms with Crippen LogP contribution in [0.3, 0.4) is 0 Å². The first-order valence-electron chi connectivity index (χ1n) is 5.88. The summed E-state index contributed by atoms with van der Waals surface area (Å²) in [6.45, 7) is 3.76. The smallest absolute Gasteiger partial charge is 0.247 e. The Morgan fingerprint density at radius 3 is 2.67 bits per heavy atom. The minimum atomic E-state index is 0.000481. The summed E-state index contributed by atoms with van der Waals surface area (Å²) in [4.78, 5) is 12.0. The first-order valence-corrected chi connectivity index (χ1v) is 6.25. The van der Waals surface area contributed by atoms with Crippen LogP contribution in [0.2, 0.25) is 5.02 Å². The second-order valence-corrected chi connectivity index (χ2v) is 4.73. The van der Waals surface area contributed by atoms with Crippen LogP contribution >= 0.6 is 11.6 Å². The Balaban J connectivity index is 2.05. The zero-order valence-corrected chi connectivity index (χ0v) is 11.2. The molecular formula is C14H15ClN2O. The topological polar surface area (TPSA) is 34.9 Å². The molecule has 1 heterocycles. The Morgan fingerprint density at radius 2 is 2.06 bits per heavy atom. The number of hydrogen-bond donors (Lipinski definition) is 0. The van der Waals surface area contributed by atoms with Crippen LogP contribution in [0, 0.1) is 13.8 Å². The Kier molecular flexibility index (Phi) is 3.82. The molecule has 0 aliphatic rings. The van der Waals surface area contributed by atoms with E-state index in [0.717, 1.165) is 17.0 Å². The average Bonchev–Trinajstić information content (AvgIpc) is 2.67. The average molecular weight is 263 g/mol. The number of aromatic nitrogens is 2. The molecule has 2 aromatic rings. The number of carbonyl (C=O) groups excluding carboxylic acids is 1. The number of nitrogens with zero attached hydrogens (tertiary/aromatic N) is 2. The zero-order valence-electron chi connectivity index (χ0n) is 10.5. The van der Waals surface area contributed by atoms with E-state index < -0.39 is 0 Å². The molecule has 0 radical (unpaired) electrons. The van der Waals surface area contributed by atoms with Gasteiger partial charge in [-0.3, -0.25) is 4.79 Å². The minimum Gasteiger partial charge on any atom is -0.273 e. The van der Waals surface area contributed by atoms with Crippen LogP contribution in [-0.4, -0.2) is 15.7 Å². The second kappa shape index (κ2) is 5.36. The number of benzene rings is 1. The van der Waals surface area contributed by atoms with Gasteiger partial charge >= 0.3 is 0 Å². The summed E-state index contributed by atoms with van der Waals surface area (Å²) in [5, 5.41) is 4.89. The van der Waals surface area contributed by atoms with Gasteiger partial charge in [0.25, 0.3) is 0 Å². The van der Waals surface area contributed by atoms with E-state index >= 15 is 0 Å². The van der Waals surface area contributed by atoms with Crippen molar-refractivity contribution in [2.45, 2.75) is 26.7 Å². The molecule has 0 spiro atoms. The van der Waals surface area contributed by atoms with E-state index in [1.165, 1.54) is 4.68 Å². The lowest BCUT2D eigenvalue weighted by Gasteiger charge is -2.05. The highest BCUT2D eigenvalue weighted by Gasteiger charge is 2.10. The second-order valence-electron chi connectivity index (χ2n) is 4.32. The molecule has 1 aromatic carbocycles. The molecular weight excluding hydrogens is 248 g/mol. The van der Waals surface area contributed by atoms with Gasteiger partial charge in [-0.15, -0.1) is 0 Å². The number of halogens is 1. The number of hydrogen-bond acceptors (Lipinski definition) is 2. The molecule has 0 bridgehead atoms. The van der Waals surface area contributed by atoms with Crippen LogP contribution in [0.4, 0.5) is 0 Å². The van der Waals surface area contributed by atoms with Gasteiger partial charge < -0.3 is 0 Å². The molecule has 0 aliphatic heterocycles. The van der Waals surface area contributed by atoms with Crippen LogP contribution in [0.15, 0.2) is 30.3 Å². The first kappa shape index (κ1) is 12.8. The van der Waals surface area contributed by atoms with E-state index in [-0.39, 0.29) is 5.91 Å². The van der Waals surface area contributed by atoms with Gasteiger partial charge in [0.15, 0.2) is 0 Å². The molecule has 1 aromatic heterocycles. The maximum atomic E-state index is 12.0. The first-order chi connectivity index (χ1) is 8.58. The third-order valence-corrected chi connectivity index (χ3v) is 3.18. The van der Waals surface area contributed by atoms with Gasteiger partial charge in [-0.05, 0) is 38.0 Å². The molecule has 2 rings (SSSR count). The molecule has 0 saturated heterocycles. The summed E-state index contributed by atoms with van der Waals surface area (Å²) in [6.07, 6.45) is 1.04. The molecule has 0 unspecified atom stereocenters. The van der Waals surface area contributed by atoms with Crippen LogP contribution in [0.25, 0.3) is 0 Å². The summed E-state index contributed by atoms with van der Waals surface area (Å²) in [5.41, 5.74) is 2.73. The quantitative estimate of drug-likeness (QED) is 0.849. The zero-order chi connectivity index (χ0) is 13.1. The van der Waals surface area contributed by atoms with Crippen LogP contribution < -0.4 is 0 Å². The van der Waals surface area contributed by atoms with Gasteiger partial charge in [-0.25, -0.2) is 4.68 Å². The third kappa shape index (κ3) is 2.79. The Morgan fingerprint density at radius 1 is 1.33 bits per heavy atom. The largest absolute Gasteiger partial charge is 0.273 e. The standard InChI is InChI=1S/C14H15ClN2O/c1-10-9-11(2)17(16-10)14(18)8-7-12-5-3-4-6-13(12)15/h3-6,9H,7-8H2,1-2H3. The summed E-state index contributed by atoms with van der Waals surface area (Å²) < 4.78 is 1.46. The fourth-order valence-electron chi connectivity index (χ4n) is 1.93. The summed E-state index contributed by atoms with van der Waals surface area (Å²) in [5.74, 6) is 0.000481. The fraction of sp³-hybridized carbons (Fsp3) is 0.286. The monoisotopic (exact) mass is 262 g/mol. The highest BCUT2D eigenvalue weighted by Crippen LogP contribution is 2.17. The van der Waals surface area contributed by atoms with Crippen molar-refractivity contribution in [2.24, 2.45) is 0 Å². The molecule has 0 amide bonds. The van der Waals surface area contributed by atoms with Crippen LogP contribution in [0.5, 0.6) is 0 Å². The number of rotatable bonds is 3. The van der Waals surface area contributed by atoms with Crippen molar-refractivity contribution in [3.05, 3.63) is 52.3 Å². The highest BCUT2D eigenvalue weighted by atomic mass is 35.5. The lowest BCUT2D eigenvalue weighted by Crippen LogP contribution is -2.14. The maximum absolute atomic E-state index is 12.0. The van der Waals surface area contributed by atoms with E-state index in [1.54, 1.807) is 0 Å². The van der Waals surface area contributed by atoms with Crippen molar-refractivity contribution in [2.75, 3.05) is 0 Å². The fourth-order valence-corrected chi connectivity index (χ4v) is 2.16. The molecule has 4 heteroatoms. The van der Waals surface area contributed by atoms with Gasteiger partial charge in [0.1, 0.15) is 0 Å². The van der Waals surface area contributed by atoms with Gasteiger partial charge in [-0.2, -0.15) is 5.10 Å². The normalized spacial score (nSPS) is 10.6. The SMILES string of the molecule is Cc1cc(C)n(C(=O)CCc2ccccc2Cl)n1. The van der Waals surface area contributed by atoms with Crippen molar-refractivity contribution in [3.63, 3.8) is 0 Å². The molecule has 18 heavy (non-hydrogen) atoms. The van der Waals surface area contributed by atoms with E-state index in [2.05, 4.69) is 5.10 Å². The van der Waals surface area contributed by atoms with Crippen LogP contribution in [-0.2, 0) is 6.42 Å². The molecule has 0 aliphatic carbocycles. The summed E-state index contributed by atoms with van der Waals surface area (Å²) >= 11 is 6.06. The Labute approximate surface area is 111 Å². The van der Waals surface area contributed by atoms with Crippen molar-refractivity contribution in [1.29, 1.82) is 0 Å². The van der Waals surface area contributed by atoms with Crippen molar-refractivity contribution >= 4 is 17.5 Å². The predicted octanol–water partition coefficient (Wildman–Crippen LogP) is 3.43. The van der Waals surface area contributed by atoms with E-state index in [4.69, 9.17) is 11.6 Å². The van der Waals surface area contributed by atoms with Gasteiger partial charge in [0.2, 0.25) is 5.91 Å². The molecule has 0 atom stereocenters.